The van der Waals surface area contributed by atoms with Crippen LogP contribution in [0.3, 0.4) is 0 Å². The number of carbonyl (C=O) groups is 2. The van der Waals surface area contributed by atoms with Gasteiger partial charge in [-0.3, -0.25) is 14.6 Å². The van der Waals surface area contributed by atoms with Crippen molar-refractivity contribution in [2.75, 3.05) is 6.54 Å². The maximum absolute atomic E-state index is 12.7. The Balaban J connectivity index is 1.80. The average Bonchev–Trinajstić information content (AvgIpc) is 3.05. The number of aromatic nitrogens is 2. The van der Waals surface area contributed by atoms with Crippen LogP contribution in [0.5, 0.6) is 0 Å². The van der Waals surface area contributed by atoms with E-state index >= 15 is 0 Å². The predicted octanol–water partition coefficient (Wildman–Crippen LogP) is 1.46. The summed E-state index contributed by atoms with van der Waals surface area (Å²) in [6.07, 6.45) is 4.75. The van der Waals surface area contributed by atoms with Gasteiger partial charge in [-0.15, -0.1) is 0 Å². The minimum absolute atomic E-state index is 0.0386. The van der Waals surface area contributed by atoms with E-state index in [9.17, 15) is 9.59 Å². The smallest absolute Gasteiger partial charge is 0.276 e. The van der Waals surface area contributed by atoms with Crippen molar-refractivity contribution < 1.29 is 14.1 Å². The molecule has 1 fully saturated rings. The van der Waals surface area contributed by atoms with Crippen molar-refractivity contribution in [3.8, 4) is 11.3 Å². The number of hydrogen-bond donors (Lipinski definition) is 1. The molecule has 1 saturated heterocycles. The molecule has 7 heteroatoms. The van der Waals surface area contributed by atoms with E-state index in [0.717, 1.165) is 12.0 Å². The first kappa shape index (κ1) is 15.2. The van der Waals surface area contributed by atoms with Gasteiger partial charge in [-0.25, -0.2) is 0 Å². The Hall–Kier alpha value is -2.70. The summed E-state index contributed by atoms with van der Waals surface area (Å²) >= 11 is 0. The van der Waals surface area contributed by atoms with Crippen LogP contribution in [0.15, 0.2) is 35.1 Å². The molecule has 1 aliphatic heterocycles. The molecule has 0 spiro atoms. The molecule has 0 aliphatic carbocycles. The van der Waals surface area contributed by atoms with Crippen LogP contribution in [0.1, 0.15) is 30.3 Å². The Morgan fingerprint density at radius 1 is 1.39 bits per heavy atom. The van der Waals surface area contributed by atoms with Gasteiger partial charge in [0.05, 0.1) is 5.92 Å². The molecule has 2 amide bonds. The van der Waals surface area contributed by atoms with E-state index < -0.39 is 0 Å². The maximum Gasteiger partial charge on any atom is 0.276 e. The van der Waals surface area contributed by atoms with Crippen LogP contribution in [-0.2, 0) is 4.79 Å². The number of nitrogens with two attached hydrogens (primary N) is 1. The second-order valence-corrected chi connectivity index (χ2v) is 5.80. The number of primary amides is 1. The van der Waals surface area contributed by atoms with E-state index in [1.54, 1.807) is 29.4 Å². The number of rotatable bonds is 3. The molecule has 0 aromatic carbocycles. The van der Waals surface area contributed by atoms with E-state index in [0.29, 0.717) is 18.7 Å². The quantitative estimate of drug-likeness (QED) is 0.924. The number of nitrogens with zero attached hydrogens (tertiary/aromatic N) is 3. The van der Waals surface area contributed by atoms with E-state index in [1.165, 1.54) is 0 Å². The molecule has 3 rings (SSSR count). The molecule has 2 N–H and O–H groups in total. The van der Waals surface area contributed by atoms with E-state index in [-0.39, 0.29) is 29.5 Å². The van der Waals surface area contributed by atoms with E-state index in [2.05, 4.69) is 10.1 Å². The highest BCUT2D eigenvalue weighted by atomic mass is 16.5. The molecule has 2 aromatic rings. The summed E-state index contributed by atoms with van der Waals surface area (Å²) in [5.41, 5.74) is 6.35. The van der Waals surface area contributed by atoms with Gasteiger partial charge in [-0.2, -0.15) is 0 Å². The SMILES string of the molecule is C[C@H]1CC[C@H](C(N)=O)CN1C(=O)c1cc(-c2cccnc2)on1. The first-order chi connectivity index (χ1) is 11.1. The zero-order chi connectivity index (χ0) is 16.4. The van der Waals surface area contributed by atoms with Crippen LogP contribution in [0, 0.1) is 5.92 Å². The van der Waals surface area contributed by atoms with Gasteiger partial charge in [0, 0.05) is 36.6 Å². The third kappa shape index (κ3) is 3.08. The van der Waals surface area contributed by atoms with Crippen LogP contribution in [-0.4, -0.2) is 39.4 Å². The summed E-state index contributed by atoms with van der Waals surface area (Å²) in [6.45, 7) is 2.28. The van der Waals surface area contributed by atoms with Crippen molar-refractivity contribution in [2.45, 2.75) is 25.8 Å². The molecule has 23 heavy (non-hydrogen) atoms. The van der Waals surface area contributed by atoms with Gasteiger partial charge in [-0.05, 0) is 31.9 Å². The molecule has 7 nitrogen and oxygen atoms in total. The average molecular weight is 314 g/mol. The number of carbonyl (C=O) groups excluding carboxylic acids is 2. The fourth-order valence-electron chi connectivity index (χ4n) is 2.79. The summed E-state index contributed by atoms with van der Waals surface area (Å²) in [5, 5.41) is 3.86. The van der Waals surface area contributed by atoms with E-state index in [1.807, 2.05) is 13.0 Å². The lowest BCUT2D eigenvalue weighted by Crippen LogP contribution is -2.48. The largest absolute Gasteiger partial charge is 0.369 e. The lowest BCUT2D eigenvalue weighted by molar-refractivity contribution is -0.123. The van der Waals surface area contributed by atoms with Gasteiger partial charge < -0.3 is 15.2 Å². The van der Waals surface area contributed by atoms with Gasteiger partial charge in [0.2, 0.25) is 5.91 Å². The second-order valence-electron chi connectivity index (χ2n) is 5.80. The zero-order valence-corrected chi connectivity index (χ0v) is 12.8. The summed E-state index contributed by atoms with van der Waals surface area (Å²) in [5.74, 6) is -0.439. The van der Waals surface area contributed by atoms with Crippen LogP contribution in [0.2, 0.25) is 0 Å². The van der Waals surface area contributed by atoms with Crippen LogP contribution >= 0.6 is 0 Å². The standard InChI is InChI=1S/C16H18N4O3/c1-10-4-5-12(15(17)21)9-20(10)16(22)13-7-14(23-19-13)11-3-2-6-18-8-11/h2-3,6-8,10,12H,4-5,9H2,1H3,(H2,17,21)/t10-,12-/m0/s1. The fourth-order valence-corrected chi connectivity index (χ4v) is 2.79. The second kappa shape index (κ2) is 6.20. The molecule has 3 heterocycles. The molecular formula is C16H18N4O3. The first-order valence-electron chi connectivity index (χ1n) is 7.53. The van der Waals surface area contributed by atoms with Crippen LogP contribution in [0.25, 0.3) is 11.3 Å². The summed E-state index contributed by atoms with van der Waals surface area (Å²) in [7, 11) is 0. The molecule has 1 aliphatic rings. The normalized spacial score (nSPS) is 21.2. The van der Waals surface area contributed by atoms with Crippen molar-refractivity contribution in [1.82, 2.24) is 15.0 Å². The molecule has 2 atom stereocenters. The van der Waals surface area contributed by atoms with Crippen LogP contribution in [0.4, 0.5) is 0 Å². The topological polar surface area (TPSA) is 102 Å². The van der Waals surface area contributed by atoms with Gasteiger partial charge >= 0.3 is 0 Å². The third-order valence-corrected chi connectivity index (χ3v) is 4.22. The lowest BCUT2D eigenvalue weighted by Gasteiger charge is -2.36. The highest BCUT2D eigenvalue weighted by Gasteiger charge is 2.33. The number of piperidine rings is 1. The van der Waals surface area contributed by atoms with Gasteiger partial charge in [0.15, 0.2) is 11.5 Å². The predicted molar refractivity (Wildman–Crippen MR) is 82.2 cm³/mol. The fraction of sp³-hybridized carbons (Fsp3) is 0.375. The number of amides is 2. The number of likely N-dealkylation sites (tertiary alicyclic amines) is 1. The molecule has 0 radical (unpaired) electrons. The van der Waals surface area contributed by atoms with Crippen molar-refractivity contribution in [1.29, 1.82) is 0 Å². The van der Waals surface area contributed by atoms with Gasteiger partial charge in [0.25, 0.3) is 5.91 Å². The van der Waals surface area contributed by atoms with E-state index in [4.69, 9.17) is 10.3 Å². The number of pyridine rings is 1. The minimum atomic E-state index is -0.370. The molecular weight excluding hydrogens is 296 g/mol. The Morgan fingerprint density at radius 3 is 2.91 bits per heavy atom. The summed E-state index contributed by atoms with van der Waals surface area (Å²) in [6, 6.07) is 5.24. The van der Waals surface area contributed by atoms with Gasteiger partial charge in [-0.1, -0.05) is 5.16 Å². The number of hydrogen-bond acceptors (Lipinski definition) is 5. The molecule has 2 aromatic heterocycles. The monoisotopic (exact) mass is 314 g/mol. The maximum atomic E-state index is 12.7. The van der Waals surface area contributed by atoms with Crippen LogP contribution < -0.4 is 5.73 Å². The Labute approximate surface area is 133 Å². The Bertz CT molecular complexity index is 713. The van der Waals surface area contributed by atoms with Crippen molar-refractivity contribution in [3.05, 3.63) is 36.3 Å². The minimum Gasteiger partial charge on any atom is -0.369 e. The van der Waals surface area contributed by atoms with Crippen molar-refractivity contribution in [2.24, 2.45) is 11.7 Å². The molecule has 0 bridgehead atoms. The Kier molecular flexibility index (Phi) is 4.10. The molecule has 0 unspecified atom stereocenters. The summed E-state index contributed by atoms with van der Waals surface area (Å²) in [4.78, 5) is 29.7. The zero-order valence-electron chi connectivity index (χ0n) is 12.8. The highest BCUT2D eigenvalue weighted by Crippen LogP contribution is 2.25. The lowest BCUT2D eigenvalue weighted by atomic mass is 9.92. The molecule has 120 valence electrons. The Morgan fingerprint density at radius 2 is 2.22 bits per heavy atom. The molecule has 0 saturated carbocycles. The first-order valence-corrected chi connectivity index (χ1v) is 7.53. The third-order valence-electron chi connectivity index (χ3n) is 4.22. The highest BCUT2D eigenvalue weighted by molar-refractivity contribution is 5.93. The van der Waals surface area contributed by atoms with Crippen molar-refractivity contribution in [3.63, 3.8) is 0 Å². The van der Waals surface area contributed by atoms with Gasteiger partial charge in [0.1, 0.15) is 0 Å². The van der Waals surface area contributed by atoms with Crippen molar-refractivity contribution >= 4 is 11.8 Å². The summed E-state index contributed by atoms with van der Waals surface area (Å²) < 4.78 is 5.24.